The highest BCUT2D eigenvalue weighted by molar-refractivity contribution is 5.92. The number of amides is 1. The van der Waals surface area contributed by atoms with Crippen molar-refractivity contribution in [3.63, 3.8) is 0 Å². The summed E-state index contributed by atoms with van der Waals surface area (Å²) in [6.07, 6.45) is 5.75. The van der Waals surface area contributed by atoms with E-state index in [-0.39, 0.29) is 12.0 Å². The average molecular weight is 328 g/mol. The van der Waals surface area contributed by atoms with Crippen LogP contribution in [0, 0.1) is 0 Å². The van der Waals surface area contributed by atoms with Crippen molar-refractivity contribution >= 4 is 5.91 Å². The molecule has 1 aliphatic carbocycles. The first-order valence-electron chi connectivity index (χ1n) is 8.44. The van der Waals surface area contributed by atoms with E-state index >= 15 is 0 Å². The van der Waals surface area contributed by atoms with Gasteiger partial charge in [0, 0.05) is 25.2 Å². The third kappa shape index (κ3) is 3.46. The summed E-state index contributed by atoms with van der Waals surface area (Å²) in [5.41, 5.74) is 0.477. The zero-order valence-corrected chi connectivity index (χ0v) is 13.4. The Hall–Kier alpha value is -2.28. The Balaban J connectivity index is 1.32. The second kappa shape index (κ2) is 6.68. The molecular weight excluding hydrogens is 308 g/mol. The van der Waals surface area contributed by atoms with Crippen LogP contribution in [0.15, 0.2) is 28.9 Å². The molecule has 0 aromatic carbocycles. The van der Waals surface area contributed by atoms with Crippen molar-refractivity contribution in [3.8, 4) is 0 Å². The molecule has 2 aromatic heterocycles. The summed E-state index contributed by atoms with van der Waals surface area (Å²) >= 11 is 0. The first-order chi connectivity index (χ1) is 11.8. The smallest absolute Gasteiger partial charge is 0.272 e. The van der Waals surface area contributed by atoms with E-state index < -0.39 is 0 Å². The van der Waals surface area contributed by atoms with Crippen LogP contribution in [0.2, 0.25) is 0 Å². The number of rotatable bonds is 5. The number of aromatic nitrogens is 3. The van der Waals surface area contributed by atoms with E-state index in [2.05, 4.69) is 15.1 Å². The molecule has 126 valence electrons. The molecule has 1 atom stereocenters. The third-order valence-electron chi connectivity index (χ3n) is 4.41. The summed E-state index contributed by atoms with van der Waals surface area (Å²) in [6.45, 7) is 1.64. The number of pyridine rings is 1. The van der Waals surface area contributed by atoms with E-state index in [9.17, 15) is 4.79 Å². The van der Waals surface area contributed by atoms with Crippen LogP contribution in [-0.4, -0.2) is 45.1 Å². The van der Waals surface area contributed by atoms with Crippen LogP contribution in [0.3, 0.4) is 0 Å². The lowest BCUT2D eigenvalue weighted by Gasteiger charge is -2.32. The van der Waals surface area contributed by atoms with Gasteiger partial charge in [0.2, 0.25) is 5.89 Å². The van der Waals surface area contributed by atoms with Crippen LogP contribution < -0.4 is 0 Å². The summed E-state index contributed by atoms with van der Waals surface area (Å²) in [4.78, 5) is 22.8. The number of hydrogen-bond acceptors (Lipinski definition) is 6. The van der Waals surface area contributed by atoms with Gasteiger partial charge < -0.3 is 14.2 Å². The molecule has 3 heterocycles. The van der Waals surface area contributed by atoms with E-state index in [0.29, 0.717) is 30.6 Å². The minimum atomic E-state index is -0.0421. The van der Waals surface area contributed by atoms with Gasteiger partial charge in [0.15, 0.2) is 5.82 Å². The van der Waals surface area contributed by atoms with Gasteiger partial charge in [-0.25, -0.2) is 0 Å². The van der Waals surface area contributed by atoms with Crippen LogP contribution in [0.1, 0.15) is 53.8 Å². The number of carbonyl (C=O) groups is 1. The zero-order chi connectivity index (χ0) is 16.4. The zero-order valence-electron chi connectivity index (χ0n) is 13.4. The Labute approximate surface area is 140 Å². The molecule has 0 N–H and O–H groups in total. The molecule has 1 unspecified atom stereocenters. The van der Waals surface area contributed by atoms with Gasteiger partial charge >= 0.3 is 0 Å². The topological polar surface area (TPSA) is 81.4 Å². The Morgan fingerprint density at radius 1 is 1.33 bits per heavy atom. The third-order valence-corrected chi connectivity index (χ3v) is 4.41. The maximum atomic E-state index is 12.5. The van der Waals surface area contributed by atoms with Gasteiger partial charge in [-0.05, 0) is 37.8 Å². The van der Waals surface area contributed by atoms with E-state index in [1.165, 1.54) is 0 Å². The van der Waals surface area contributed by atoms with Gasteiger partial charge in [-0.2, -0.15) is 4.98 Å². The van der Waals surface area contributed by atoms with Crippen LogP contribution in [0.5, 0.6) is 0 Å². The monoisotopic (exact) mass is 328 g/mol. The molecule has 1 saturated heterocycles. The van der Waals surface area contributed by atoms with Crippen molar-refractivity contribution in [1.82, 2.24) is 20.0 Å². The summed E-state index contributed by atoms with van der Waals surface area (Å²) in [5.74, 6) is 1.72. The van der Waals surface area contributed by atoms with Crippen molar-refractivity contribution in [1.29, 1.82) is 0 Å². The minimum Gasteiger partial charge on any atom is -0.368 e. The fourth-order valence-electron chi connectivity index (χ4n) is 2.92. The number of likely N-dealkylation sites (tertiary alicyclic amines) is 1. The Bertz CT molecular complexity index is 699. The highest BCUT2D eigenvalue weighted by atomic mass is 16.5. The molecule has 0 bridgehead atoms. The summed E-state index contributed by atoms with van der Waals surface area (Å²) in [6, 6.07) is 5.37. The maximum absolute atomic E-state index is 12.5. The molecule has 1 aliphatic heterocycles. The lowest BCUT2D eigenvalue weighted by atomic mass is 10.1. The van der Waals surface area contributed by atoms with Gasteiger partial charge in [-0.3, -0.25) is 9.78 Å². The number of piperidine rings is 1. The summed E-state index contributed by atoms with van der Waals surface area (Å²) in [5, 5.41) is 3.96. The molecule has 24 heavy (non-hydrogen) atoms. The Morgan fingerprint density at radius 3 is 3.04 bits per heavy atom. The van der Waals surface area contributed by atoms with Gasteiger partial charge in [0.25, 0.3) is 5.91 Å². The summed E-state index contributed by atoms with van der Waals surface area (Å²) < 4.78 is 11.1. The Kier molecular flexibility index (Phi) is 4.25. The second-order valence-electron chi connectivity index (χ2n) is 6.36. The molecule has 7 heteroatoms. The summed E-state index contributed by atoms with van der Waals surface area (Å²) in [7, 11) is 0. The lowest BCUT2D eigenvalue weighted by molar-refractivity contribution is -0.00976. The molecule has 4 rings (SSSR count). The van der Waals surface area contributed by atoms with Gasteiger partial charge in [-0.1, -0.05) is 11.2 Å². The average Bonchev–Trinajstić information content (AvgIpc) is 3.39. The minimum absolute atomic E-state index is 0.00529. The standard InChI is InChI=1S/C17H20N4O3/c22-17(14-5-1-2-8-18-14)21-9-3-4-13(10-21)23-11-15-19-16(24-20-15)12-6-7-12/h1-2,5,8,12-13H,3-4,6-7,9-11H2. The molecule has 1 saturated carbocycles. The van der Waals surface area contributed by atoms with E-state index in [0.717, 1.165) is 38.1 Å². The van der Waals surface area contributed by atoms with Crippen molar-refractivity contribution in [3.05, 3.63) is 41.8 Å². The number of ether oxygens (including phenoxy) is 1. The van der Waals surface area contributed by atoms with Crippen LogP contribution in [-0.2, 0) is 11.3 Å². The van der Waals surface area contributed by atoms with Gasteiger partial charge in [0.1, 0.15) is 12.3 Å². The highest BCUT2D eigenvalue weighted by Gasteiger charge is 2.30. The molecule has 2 aliphatic rings. The molecular formula is C17H20N4O3. The number of carbonyl (C=O) groups excluding carboxylic acids is 1. The Morgan fingerprint density at radius 2 is 2.25 bits per heavy atom. The van der Waals surface area contributed by atoms with Crippen molar-refractivity contribution in [2.45, 2.75) is 44.3 Å². The fourth-order valence-corrected chi connectivity index (χ4v) is 2.92. The molecule has 1 amide bonds. The molecule has 2 fully saturated rings. The fraction of sp³-hybridized carbons (Fsp3) is 0.529. The van der Waals surface area contributed by atoms with E-state index in [1.807, 2.05) is 11.0 Å². The largest absolute Gasteiger partial charge is 0.368 e. The normalized spacial score (nSPS) is 21.0. The quantitative estimate of drug-likeness (QED) is 0.836. The van der Waals surface area contributed by atoms with Crippen molar-refractivity contribution < 1.29 is 14.1 Å². The van der Waals surface area contributed by atoms with Crippen LogP contribution in [0.4, 0.5) is 0 Å². The molecule has 2 aromatic rings. The SMILES string of the molecule is O=C(c1ccccn1)N1CCCC(OCc2noc(C3CC3)n2)C1. The number of nitrogens with zero attached hydrogens (tertiary/aromatic N) is 4. The molecule has 0 radical (unpaired) electrons. The second-order valence-corrected chi connectivity index (χ2v) is 6.36. The predicted molar refractivity (Wildman–Crippen MR) is 84.2 cm³/mol. The van der Waals surface area contributed by atoms with Crippen LogP contribution in [0.25, 0.3) is 0 Å². The van der Waals surface area contributed by atoms with E-state index in [4.69, 9.17) is 9.26 Å². The molecule has 7 nitrogen and oxygen atoms in total. The highest BCUT2D eigenvalue weighted by Crippen LogP contribution is 2.38. The number of hydrogen-bond donors (Lipinski definition) is 0. The molecule has 0 spiro atoms. The predicted octanol–water partition coefficient (Wildman–Crippen LogP) is 2.16. The van der Waals surface area contributed by atoms with Gasteiger partial charge in [0.05, 0.1) is 6.10 Å². The van der Waals surface area contributed by atoms with Crippen LogP contribution >= 0.6 is 0 Å². The maximum Gasteiger partial charge on any atom is 0.272 e. The van der Waals surface area contributed by atoms with Crippen molar-refractivity contribution in [2.24, 2.45) is 0 Å². The first kappa shape index (κ1) is 15.3. The lowest BCUT2D eigenvalue weighted by Crippen LogP contribution is -2.43. The van der Waals surface area contributed by atoms with E-state index in [1.54, 1.807) is 18.3 Å². The van der Waals surface area contributed by atoms with Gasteiger partial charge in [-0.15, -0.1) is 0 Å². The van der Waals surface area contributed by atoms with Crippen molar-refractivity contribution in [2.75, 3.05) is 13.1 Å². The first-order valence-corrected chi connectivity index (χ1v) is 8.44.